The van der Waals surface area contributed by atoms with Crippen molar-refractivity contribution in [2.24, 2.45) is 0 Å². The van der Waals surface area contributed by atoms with Crippen LogP contribution < -0.4 is 20.1 Å². The number of hydrogen-bond donors (Lipinski definition) is 3. The second-order valence-corrected chi connectivity index (χ2v) is 7.40. The molecular formula is C16H20N4O4S. The highest BCUT2D eigenvalue weighted by atomic mass is 32.2. The highest BCUT2D eigenvalue weighted by molar-refractivity contribution is 8.07. The van der Waals surface area contributed by atoms with Crippen molar-refractivity contribution in [1.29, 1.82) is 0 Å². The number of nitrogens with one attached hydrogen (secondary N) is 3. The highest BCUT2D eigenvalue weighted by Crippen LogP contribution is 2.25. The van der Waals surface area contributed by atoms with Gasteiger partial charge in [0.05, 0.1) is 5.69 Å². The van der Waals surface area contributed by atoms with Gasteiger partial charge in [-0.2, -0.15) is 13.1 Å². The Morgan fingerprint density at radius 2 is 1.92 bits per heavy atom. The lowest BCUT2D eigenvalue weighted by Crippen LogP contribution is -2.38. The third-order valence-electron chi connectivity index (χ3n) is 3.13. The van der Waals surface area contributed by atoms with Gasteiger partial charge in [0.15, 0.2) is 6.20 Å². The van der Waals surface area contributed by atoms with Gasteiger partial charge in [-0.3, -0.25) is 9.52 Å². The van der Waals surface area contributed by atoms with Gasteiger partial charge in [0.25, 0.3) is 0 Å². The van der Waals surface area contributed by atoms with E-state index in [2.05, 4.69) is 15.4 Å². The standard InChI is InChI=1S/C16H20N4O4S/c1-11(2)17-16(21)25(23,24)19-15-10-20(22)8-7-14(15)18-13-6-4-5-12(3)9-13/h4-11,18-19H,1-3H3,(H,17,21). The monoisotopic (exact) mass is 364 g/mol. The smallest absolute Gasteiger partial charge is 0.357 e. The normalized spacial score (nSPS) is 11.2. The first-order valence-corrected chi connectivity index (χ1v) is 9.05. The van der Waals surface area contributed by atoms with E-state index in [4.69, 9.17) is 0 Å². The Balaban J connectivity index is 2.31. The molecular weight excluding hydrogens is 344 g/mol. The van der Waals surface area contributed by atoms with Gasteiger partial charge in [-0.1, -0.05) is 12.1 Å². The SMILES string of the molecule is Cc1cccc(Nc2cc[n+]([O-])cc2NS(=O)(=O)C(=O)NC(C)C)c1. The van der Waals surface area contributed by atoms with Crippen molar-refractivity contribution in [2.75, 3.05) is 10.0 Å². The molecule has 1 aromatic heterocycles. The third-order valence-corrected chi connectivity index (χ3v) is 4.22. The molecule has 25 heavy (non-hydrogen) atoms. The number of amides is 1. The summed E-state index contributed by atoms with van der Waals surface area (Å²) in [5.41, 5.74) is 2.05. The fraction of sp³-hybridized carbons (Fsp3) is 0.250. The molecule has 1 aromatic carbocycles. The van der Waals surface area contributed by atoms with E-state index >= 15 is 0 Å². The summed E-state index contributed by atoms with van der Waals surface area (Å²) in [6.45, 7) is 5.21. The fourth-order valence-corrected chi connectivity index (χ4v) is 2.99. The zero-order valence-corrected chi connectivity index (χ0v) is 14.9. The van der Waals surface area contributed by atoms with Crippen molar-refractivity contribution >= 4 is 32.3 Å². The molecule has 9 heteroatoms. The molecule has 0 aliphatic heterocycles. The van der Waals surface area contributed by atoms with Crippen molar-refractivity contribution < 1.29 is 17.9 Å². The van der Waals surface area contributed by atoms with Gasteiger partial charge in [0.2, 0.25) is 6.20 Å². The Bertz CT molecular complexity index is 881. The van der Waals surface area contributed by atoms with E-state index in [0.717, 1.165) is 17.4 Å². The number of rotatable bonds is 5. The summed E-state index contributed by atoms with van der Waals surface area (Å²) < 4.78 is 26.9. The number of pyridine rings is 1. The van der Waals surface area contributed by atoms with Crippen LogP contribution >= 0.6 is 0 Å². The molecule has 0 aliphatic rings. The molecule has 0 fully saturated rings. The number of benzene rings is 1. The molecule has 0 radical (unpaired) electrons. The second-order valence-electron chi connectivity index (χ2n) is 5.82. The summed E-state index contributed by atoms with van der Waals surface area (Å²) in [6.07, 6.45) is 2.27. The zero-order valence-electron chi connectivity index (χ0n) is 14.1. The Kier molecular flexibility index (Phi) is 5.48. The quantitative estimate of drug-likeness (QED) is 0.556. The van der Waals surface area contributed by atoms with Gasteiger partial charge in [0.1, 0.15) is 5.69 Å². The molecule has 0 saturated heterocycles. The summed E-state index contributed by atoms with van der Waals surface area (Å²) in [6, 6.07) is 8.51. The predicted molar refractivity (Wildman–Crippen MR) is 96.1 cm³/mol. The minimum absolute atomic E-state index is 0.0297. The van der Waals surface area contributed by atoms with Crippen molar-refractivity contribution in [3.8, 4) is 0 Å². The van der Waals surface area contributed by atoms with Gasteiger partial charge >= 0.3 is 15.3 Å². The van der Waals surface area contributed by atoms with Crippen LogP contribution in [0, 0.1) is 12.1 Å². The number of aryl methyl sites for hydroxylation is 1. The first-order chi connectivity index (χ1) is 11.7. The van der Waals surface area contributed by atoms with Gasteiger partial charge < -0.3 is 15.8 Å². The van der Waals surface area contributed by atoms with Crippen molar-refractivity contribution in [3.05, 3.63) is 53.5 Å². The lowest BCUT2D eigenvalue weighted by Gasteiger charge is -2.14. The van der Waals surface area contributed by atoms with E-state index in [9.17, 15) is 18.4 Å². The Morgan fingerprint density at radius 3 is 2.56 bits per heavy atom. The molecule has 0 aliphatic carbocycles. The summed E-state index contributed by atoms with van der Waals surface area (Å²) in [5.74, 6) is 0. The van der Waals surface area contributed by atoms with E-state index in [0.29, 0.717) is 10.4 Å². The van der Waals surface area contributed by atoms with E-state index in [1.807, 2.05) is 25.1 Å². The lowest BCUT2D eigenvalue weighted by molar-refractivity contribution is -0.604. The Labute approximate surface area is 146 Å². The van der Waals surface area contributed by atoms with Crippen LogP contribution in [0.4, 0.5) is 21.9 Å². The van der Waals surface area contributed by atoms with E-state index in [1.54, 1.807) is 19.9 Å². The van der Waals surface area contributed by atoms with Gasteiger partial charge in [-0.15, -0.1) is 0 Å². The van der Waals surface area contributed by atoms with Gasteiger partial charge in [-0.05, 0) is 38.5 Å². The highest BCUT2D eigenvalue weighted by Gasteiger charge is 2.25. The first-order valence-electron chi connectivity index (χ1n) is 7.57. The summed E-state index contributed by atoms with van der Waals surface area (Å²) in [4.78, 5) is 11.8. The van der Waals surface area contributed by atoms with E-state index in [-0.39, 0.29) is 11.7 Å². The number of anilines is 3. The second kappa shape index (κ2) is 7.39. The summed E-state index contributed by atoms with van der Waals surface area (Å²) in [7, 11) is -4.34. The van der Waals surface area contributed by atoms with Crippen LogP contribution in [-0.2, 0) is 10.0 Å². The van der Waals surface area contributed by atoms with Crippen LogP contribution in [0.15, 0.2) is 42.7 Å². The van der Waals surface area contributed by atoms with Crippen molar-refractivity contribution in [1.82, 2.24) is 5.32 Å². The van der Waals surface area contributed by atoms with Crippen LogP contribution in [0.25, 0.3) is 0 Å². The van der Waals surface area contributed by atoms with Crippen LogP contribution in [0.5, 0.6) is 0 Å². The molecule has 1 amide bonds. The zero-order chi connectivity index (χ0) is 18.6. The van der Waals surface area contributed by atoms with Crippen LogP contribution in [0.2, 0.25) is 0 Å². The van der Waals surface area contributed by atoms with Crippen molar-refractivity contribution in [3.63, 3.8) is 0 Å². The third kappa shape index (κ3) is 5.08. The largest absolute Gasteiger partial charge is 0.619 e. The van der Waals surface area contributed by atoms with E-state index in [1.165, 1.54) is 12.3 Å². The molecule has 0 saturated carbocycles. The van der Waals surface area contributed by atoms with Crippen LogP contribution in [0.1, 0.15) is 19.4 Å². The Hall–Kier alpha value is -2.81. The maximum Gasteiger partial charge on any atom is 0.357 e. The molecule has 0 bridgehead atoms. The number of aromatic nitrogens is 1. The number of carbonyl (C=O) groups excluding carboxylic acids is 1. The lowest BCUT2D eigenvalue weighted by atomic mass is 10.2. The molecule has 3 N–H and O–H groups in total. The number of carbonyl (C=O) groups is 1. The number of hydrogen-bond acceptors (Lipinski definition) is 5. The molecule has 1 heterocycles. The molecule has 0 spiro atoms. The maximum atomic E-state index is 12.1. The maximum absolute atomic E-state index is 12.1. The van der Waals surface area contributed by atoms with Crippen LogP contribution in [-0.4, -0.2) is 19.7 Å². The summed E-state index contributed by atoms with van der Waals surface area (Å²) in [5, 5.41) is 15.7. The van der Waals surface area contributed by atoms with Gasteiger partial charge in [-0.25, -0.2) is 0 Å². The molecule has 0 atom stereocenters. The molecule has 134 valence electrons. The molecule has 8 nitrogen and oxygen atoms in total. The van der Waals surface area contributed by atoms with E-state index < -0.39 is 15.3 Å². The fourth-order valence-electron chi connectivity index (χ4n) is 2.05. The van der Waals surface area contributed by atoms with Crippen LogP contribution in [0.3, 0.4) is 0 Å². The average molecular weight is 364 g/mol. The summed E-state index contributed by atoms with van der Waals surface area (Å²) >= 11 is 0. The number of nitrogens with zero attached hydrogens (tertiary/aromatic N) is 1. The predicted octanol–water partition coefficient (Wildman–Crippen LogP) is 2.23. The van der Waals surface area contributed by atoms with Crippen molar-refractivity contribution in [2.45, 2.75) is 26.8 Å². The minimum atomic E-state index is -4.34. The average Bonchev–Trinajstić information content (AvgIpc) is 2.49. The topological polar surface area (TPSA) is 114 Å². The Morgan fingerprint density at radius 1 is 1.20 bits per heavy atom. The van der Waals surface area contributed by atoms with Gasteiger partial charge in [0, 0.05) is 17.8 Å². The molecule has 0 unspecified atom stereocenters. The molecule has 2 aromatic rings. The number of sulfonamides is 1. The first kappa shape index (κ1) is 18.5. The minimum Gasteiger partial charge on any atom is -0.619 e. The molecule has 2 rings (SSSR count).